The van der Waals surface area contributed by atoms with Gasteiger partial charge in [-0.3, -0.25) is 4.79 Å². The second-order valence-electron chi connectivity index (χ2n) is 3.65. The molecule has 0 radical (unpaired) electrons. The molecule has 14 heavy (non-hydrogen) atoms. The van der Waals surface area contributed by atoms with E-state index in [2.05, 4.69) is 4.98 Å². The number of pyridine rings is 1. The van der Waals surface area contributed by atoms with Crippen LogP contribution in [0.1, 0.15) is 19.4 Å². The molecule has 0 aliphatic heterocycles. The first kappa shape index (κ1) is 10.5. The Morgan fingerprint density at radius 3 is 2.57 bits per heavy atom. The summed E-state index contributed by atoms with van der Waals surface area (Å²) in [6.45, 7) is 5.14. The molecule has 2 N–H and O–H groups in total. The summed E-state index contributed by atoms with van der Waals surface area (Å²) in [6.07, 6.45) is 1.67. The second kappa shape index (κ2) is 3.65. The molecular formula is C10H14N2O2. The number of hydrogen-bond donors (Lipinski definition) is 1. The van der Waals surface area contributed by atoms with Crippen molar-refractivity contribution < 1.29 is 9.53 Å². The molecule has 0 atom stereocenters. The minimum Gasteiger partial charge on any atom is -0.462 e. The lowest BCUT2D eigenvalue weighted by atomic mass is 10.1. The van der Waals surface area contributed by atoms with E-state index in [0.717, 1.165) is 5.56 Å². The van der Waals surface area contributed by atoms with Gasteiger partial charge in [0, 0.05) is 12.3 Å². The average molecular weight is 194 g/mol. The van der Waals surface area contributed by atoms with Crippen LogP contribution >= 0.6 is 0 Å². The predicted molar refractivity (Wildman–Crippen MR) is 52.9 cm³/mol. The van der Waals surface area contributed by atoms with Crippen LogP contribution in [0.4, 0.5) is 0 Å². The first-order chi connectivity index (χ1) is 6.42. The van der Waals surface area contributed by atoms with E-state index in [1.807, 2.05) is 13.0 Å². The molecule has 1 aromatic heterocycles. The fourth-order valence-corrected chi connectivity index (χ4v) is 0.826. The number of nitrogens with zero attached hydrogens (tertiary/aromatic N) is 1. The molecule has 4 nitrogen and oxygen atoms in total. The molecule has 0 aromatic carbocycles. The third-order valence-corrected chi connectivity index (χ3v) is 1.84. The lowest BCUT2D eigenvalue weighted by molar-refractivity contribution is -0.130. The summed E-state index contributed by atoms with van der Waals surface area (Å²) in [5.74, 6) is -0.112. The van der Waals surface area contributed by atoms with Crippen LogP contribution < -0.4 is 10.5 Å². The highest BCUT2D eigenvalue weighted by molar-refractivity contribution is 5.82. The topological polar surface area (TPSA) is 65.2 Å². The summed E-state index contributed by atoms with van der Waals surface area (Å²) in [5.41, 5.74) is 5.17. The molecule has 0 aliphatic carbocycles. The van der Waals surface area contributed by atoms with Crippen molar-refractivity contribution in [1.82, 2.24) is 4.98 Å². The number of hydrogen-bond acceptors (Lipinski definition) is 3. The number of aryl methyl sites for hydroxylation is 1. The zero-order chi connectivity index (χ0) is 10.8. The van der Waals surface area contributed by atoms with E-state index in [0.29, 0.717) is 5.88 Å². The zero-order valence-corrected chi connectivity index (χ0v) is 8.57. The fraction of sp³-hybridized carbons (Fsp3) is 0.400. The van der Waals surface area contributed by atoms with Crippen molar-refractivity contribution in [3.8, 4) is 5.88 Å². The van der Waals surface area contributed by atoms with Crippen molar-refractivity contribution in [3.63, 3.8) is 0 Å². The number of aromatic nitrogens is 1. The Kier molecular flexibility index (Phi) is 2.74. The highest BCUT2D eigenvalue weighted by atomic mass is 16.5. The Labute approximate surface area is 83.1 Å². The molecule has 1 amide bonds. The minimum atomic E-state index is -1.03. The normalized spacial score (nSPS) is 11.1. The van der Waals surface area contributed by atoms with Gasteiger partial charge in [-0.15, -0.1) is 0 Å². The van der Waals surface area contributed by atoms with Gasteiger partial charge in [0.15, 0.2) is 5.60 Å². The Morgan fingerprint density at radius 2 is 2.14 bits per heavy atom. The first-order valence-electron chi connectivity index (χ1n) is 4.33. The predicted octanol–water partition coefficient (Wildman–Crippen LogP) is 1.03. The van der Waals surface area contributed by atoms with Gasteiger partial charge >= 0.3 is 0 Å². The summed E-state index contributed by atoms with van der Waals surface area (Å²) < 4.78 is 5.33. The van der Waals surface area contributed by atoms with Gasteiger partial charge in [-0.05, 0) is 26.3 Å². The van der Waals surface area contributed by atoms with Gasteiger partial charge in [0.05, 0.1) is 0 Å². The van der Waals surface area contributed by atoms with E-state index < -0.39 is 11.5 Å². The lowest BCUT2D eigenvalue weighted by Gasteiger charge is -2.21. The van der Waals surface area contributed by atoms with Crippen molar-refractivity contribution in [3.05, 3.63) is 23.9 Å². The summed E-state index contributed by atoms with van der Waals surface area (Å²) in [5, 5.41) is 0. The van der Waals surface area contributed by atoms with Crippen molar-refractivity contribution in [2.45, 2.75) is 26.4 Å². The molecule has 0 spiro atoms. The van der Waals surface area contributed by atoms with Crippen LogP contribution in [0.5, 0.6) is 5.88 Å². The molecule has 0 bridgehead atoms. The van der Waals surface area contributed by atoms with Crippen LogP contribution in [0.25, 0.3) is 0 Å². The highest BCUT2D eigenvalue weighted by Crippen LogP contribution is 2.15. The van der Waals surface area contributed by atoms with E-state index in [1.54, 1.807) is 26.1 Å². The van der Waals surface area contributed by atoms with Gasteiger partial charge in [0.25, 0.3) is 5.91 Å². The van der Waals surface area contributed by atoms with Crippen molar-refractivity contribution in [2.75, 3.05) is 0 Å². The SMILES string of the molecule is Cc1ccc(OC(C)(C)C(N)=O)nc1. The Bertz CT molecular complexity index is 330. The molecule has 1 aromatic rings. The van der Waals surface area contributed by atoms with Crippen LogP contribution in [0.15, 0.2) is 18.3 Å². The summed E-state index contributed by atoms with van der Waals surface area (Å²) in [7, 11) is 0. The summed E-state index contributed by atoms with van der Waals surface area (Å²) in [4.78, 5) is 15.0. The second-order valence-corrected chi connectivity index (χ2v) is 3.65. The molecular weight excluding hydrogens is 180 g/mol. The molecule has 1 heterocycles. The van der Waals surface area contributed by atoms with Crippen molar-refractivity contribution in [2.24, 2.45) is 5.73 Å². The molecule has 0 aliphatic rings. The Hall–Kier alpha value is -1.58. The number of amides is 1. The lowest BCUT2D eigenvalue weighted by Crippen LogP contribution is -2.43. The minimum absolute atomic E-state index is 0.402. The molecule has 0 saturated heterocycles. The third kappa shape index (κ3) is 2.45. The first-order valence-corrected chi connectivity index (χ1v) is 4.33. The Balaban J connectivity index is 2.79. The summed E-state index contributed by atoms with van der Waals surface area (Å²) >= 11 is 0. The van der Waals surface area contributed by atoms with Crippen LogP contribution in [-0.2, 0) is 4.79 Å². The smallest absolute Gasteiger partial charge is 0.261 e. The van der Waals surface area contributed by atoms with Gasteiger partial charge in [-0.1, -0.05) is 6.07 Å². The van der Waals surface area contributed by atoms with E-state index in [1.165, 1.54) is 0 Å². The van der Waals surface area contributed by atoms with Crippen LogP contribution in [0, 0.1) is 6.92 Å². The number of primary amides is 1. The molecule has 0 unspecified atom stereocenters. The van der Waals surface area contributed by atoms with Gasteiger partial charge in [0.2, 0.25) is 5.88 Å². The van der Waals surface area contributed by atoms with E-state index >= 15 is 0 Å². The fourth-order valence-electron chi connectivity index (χ4n) is 0.826. The van der Waals surface area contributed by atoms with Crippen molar-refractivity contribution >= 4 is 5.91 Å². The maximum Gasteiger partial charge on any atom is 0.261 e. The number of rotatable bonds is 3. The highest BCUT2D eigenvalue weighted by Gasteiger charge is 2.27. The number of nitrogens with two attached hydrogens (primary N) is 1. The largest absolute Gasteiger partial charge is 0.462 e. The van der Waals surface area contributed by atoms with Crippen LogP contribution in [-0.4, -0.2) is 16.5 Å². The van der Waals surface area contributed by atoms with Gasteiger partial charge < -0.3 is 10.5 Å². The summed E-state index contributed by atoms with van der Waals surface area (Å²) in [6, 6.07) is 3.57. The third-order valence-electron chi connectivity index (χ3n) is 1.84. The van der Waals surface area contributed by atoms with E-state index in [4.69, 9.17) is 10.5 Å². The average Bonchev–Trinajstić information content (AvgIpc) is 2.08. The number of carbonyl (C=O) groups excluding carboxylic acids is 1. The van der Waals surface area contributed by atoms with Crippen LogP contribution in [0.2, 0.25) is 0 Å². The maximum absolute atomic E-state index is 11.0. The van der Waals surface area contributed by atoms with Gasteiger partial charge in [0.1, 0.15) is 0 Å². The number of ether oxygens (including phenoxy) is 1. The van der Waals surface area contributed by atoms with Gasteiger partial charge in [-0.25, -0.2) is 4.98 Å². The molecule has 0 fully saturated rings. The quantitative estimate of drug-likeness (QED) is 0.781. The molecule has 0 saturated carbocycles. The monoisotopic (exact) mass is 194 g/mol. The molecule has 1 rings (SSSR count). The zero-order valence-electron chi connectivity index (χ0n) is 8.57. The standard InChI is InChI=1S/C10H14N2O2/c1-7-4-5-8(12-6-7)14-10(2,3)9(11)13/h4-6H,1-3H3,(H2,11,13). The molecule has 4 heteroatoms. The number of carbonyl (C=O) groups is 1. The van der Waals surface area contributed by atoms with Crippen LogP contribution in [0.3, 0.4) is 0 Å². The van der Waals surface area contributed by atoms with Crippen molar-refractivity contribution in [1.29, 1.82) is 0 Å². The van der Waals surface area contributed by atoms with E-state index in [9.17, 15) is 4.79 Å². The maximum atomic E-state index is 11.0. The van der Waals surface area contributed by atoms with Gasteiger partial charge in [-0.2, -0.15) is 0 Å². The Morgan fingerprint density at radius 1 is 1.50 bits per heavy atom. The van der Waals surface area contributed by atoms with E-state index in [-0.39, 0.29) is 0 Å². The molecule has 76 valence electrons.